The number of rotatable bonds is 5. The van der Waals surface area contributed by atoms with Crippen molar-refractivity contribution >= 4 is 16.1 Å². The highest BCUT2D eigenvalue weighted by molar-refractivity contribution is 7.90. The van der Waals surface area contributed by atoms with Crippen molar-refractivity contribution < 1.29 is 27.8 Å². The molecule has 2 N–H and O–H groups in total. The van der Waals surface area contributed by atoms with Gasteiger partial charge >= 0.3 is 6.09 Å². The lowest BCUT2D eigenvalue weighted by Gasteiger charge is -2.09. The van der Waals surface area contributed by atoms with Gasteiger partial charge in [-0.2, -0.15) is 0 Å². The van der Waals surface area contributed by atoms with Crippen LogP contribution in [0.25, 0.3) is 0 Å². The smallest absolute Gasteiger partial charge is 0.421 e. The first kappa shape index (κ1) is 17.6. The molecule has 0 heterocycles. The maximum absolute atomic E-state index is 12.0. The highest BCUT2D eigenvalue weighted by Gasteiger charge is 2.18. The minimum absolute atomic E-state index is 0.0312. The molecule has 8 heteroatoms. The number of phenolic OH excluding ortho intramolecular Hbond substituents is 1. The number of sulfonamides is 1. The summed E-state index contributed by atoms with van der Waals surface area (Å²) in [7, 11) is -2.60. The summed E-state index contributed by atoms with van der Waals surface area (Å²) in [5.41, 5.74) is 1.44. The number of hydrogen-bond acceptors (Lipinski definition) is 6. The van der Waals surface area contributed by atoms with E-state index in [0.717, 1.165) is 5.56 Å². The van der Waals surface area contributed by atoms with E-state index >= 15 is 0 Å². The van der Waals surface area contributed by atoms with Crippen molar-refractivity contribution in [1.82, 2.24) is 4.72 Å². The molecule has 0 fully saturated rings. The highest BCUT2D eigenvalue weighted by atomic mass is 32.2. The summed E-state index contributed by atoms with van der Waals surface area (Å²) in [6.45, 7) is 1.65. The van der Waals surface area contributed by atoms with Gasteiger partial charge in [0.15, 0.2) is 11.5 Å². The van der Waals surface area contributed by atoms with Gasteiger partial charge in [0.25, 0.3) is 10.0 Å². The Labute approximate surface area is 139 Å². The van der Waals surface area contributed by atoms with Gasteiger partial charge in [0.05, 0.1) is 12.0 Å². The fraction of sp³-hybridized carbons (Fsp3) is 0.188. The average molecular weight is 351 g/mol. The third kappa shape index (κ3) is 4.39. The molecule has 0 saturated carbocycles. The topological polar surface area (TPSA) is 102 Å². The SMILES string of the molecule is COc1cc(COC(=O)NS(=O)(=O)c2ccc(C)cc2)ccc1O. The molecule has 0 unspecified atom stereocenters. The quantitative estimate of drug-likeness (QED) is 0.857. The molecule has 2 rings (SSSR count). The molecule has 0 saturated heterocycles. The van der Waals surface area contributed by atoms with Crippen molar-refractivity contribution in [2.75, 3.05) is 7.11 Å². The summed E-state index contributed by atoms with van der Waals surface area (Å²) < 4.78 is 35.7. The van der Waals surface area contributed by atoms with Crippen LogP contribution in [0.5, 0.6) is 11.5 Å². The number of nitrogens with one attached hydrogen (secondary N) is 1. The third-order valence-electron chi connectivity index (χ3n) is 3.16. The van der Waals surface area contributed by atoms with E-state index in [9.17, 15) is 18.3 Å². The van der Waals surface area contributed by atoms with E-state index in [2.05, 4.69) is 0 Å². The summed E-state index contributed by atoms with van der Waals surface area (Å²) >= 11 is 0. The van der Waals surface area contributed by atoms with E-state index in [-0.39, 0.29) is 23.0 Å². The predicted octanol–water partition coefficient (Wildman–Crippen LogP) is 2.32. The van der Waals surface area contributed by atoms with Gasteiger partial charge in [-0.15, -0.1) is 0 Å². The Morgan fingerprint density at radius 3 is 2.46 bits per heavy atom. The van der Waals surface area contributed by atoms with Crippen LogP contribution in [0.1, 0.15) is 11.1 Å². The Morgan fingerprint density at radius 1 is 1.17 bits per heavy atom. The molecule has 0 bridgehead atoms. The van der Waals surface area contributed by atoms with Crippen LogP contribution in [0.2, 0.25) is 0 Å². The summed E-state index contributed by atoms with van der Waals surface area (Å²) in [6.07, 6.45) is -1.09. The van der Waals surface area contributed by atoms with E-state index in [0.29, 0.717) is 5.56 Å². The van der Waals surface area contributed by atoms with Gasteiger partial charge < -0.3 is 14.6 Å². The van der Waals surface area contributed by atoms with Crippen molar-refractivity contribution in [3.8, 4) is 11.5 Å². The molecule has 0 atom stereocenters. The Morgan fingerprint density at radius 2 is 1.83 bits per heavy atom. The Balaban J connectivity index is 1.99. The number of aromatic hydroxyl groups is 1. The fourth-order valence-corrected chi connectivity index (χ4v) is 2.77. The summed E-state index contributed by atoms with van der Waals surface area (Å²) in [6, 6.07) is 10.5. The van der Waals surface area contributed by atoms with Gasteiger partial charge in [0.1, 0.15) is 6.61 Å². The molecule has 0 aliphatic rings. The number of carbonyl (C=O) groups excluding carboxylic acids is 1. The molecule has 0 spiro atoms. The number of carbonyl (C=O) groups is 1. The van der Waals surface area contributed by atoms with Crippen LogP contribution in [-0.2, 0) is 21.4 Å². The normalized spacial score (nSPS) is 10.9. The minimum atomic E-state index is -3.99. The van der Waals surface area contributed by atoms with Gasteiger partial charge in [0, 0.05) is 0 Å². The zero-order valence-electron chi connectivity index (χ0n) is 13.1. The minimum Gasteiger partial charge on any atom is -0.504 e. The first-order valence-corrected chi connectivity index (χ1v) is 8.42. The average Bonchev–Trinajstić information content (AvgIpc) is 2.54. The fourth-order valence-electron chi connectivity index (χ4n) is 1.88. The van der Waals surface area contributed by atoms with E-state index < -0.39 is 16.1 Å². The lowest BCUT2D eigenvalue weighted by molar-refractivity contribution is 0.146. The number of aryl methyl sites for hydroxylation is 1. The number of benzene rings is 2. The molecule has 24 heavy (non-hydrogen) atoms. The lowest BCUT2D eigenvalue weighted by Crippen LogP contribution is -2.31. The van der Waals surface area contributed by atoms with Crippen LogP contribution in [0.15, 0.2) is 47.4 Å². The lowest BCUT2D eigenvalue weighted by atomic mass is 10.2. The van der Waals surface area contributed by atoms with Gasteiger partial charge in [-0.3, -0.25) is 0 Å². The number of hydrogen-bond donors (Lipinski definition) is 2. The van der Waals surface area contributed by atoms with Gasteiger partial charge in [-0.25, -0.2) is 17.9 Å². The Hall–Kier alpha value is -2.74. The van der Waals surface area contributed by atoms with Crippen LogP contribution in [0, 0.1) is 6.92 Å². The van der Waals surface area contributed by atoms with Gasteiger partial charge in [-0.05, 0) is 36.8 Å². The van der Waals surface area contributed by atoms with Crippen LogP contribution in [-0.4, -0.2) is 26.7 Å². The maximum atomic E-state index is 12.0. The second-order valence-electron chi connectivity index (χ2n) is 5.00. The van der Waals surface area contributed by atoms with Crippen molar-refractivity contribution in [3.63, 3.8) is 0 Å². The van der Waals surface area contributed by atoms with Crippen molar-refractivity contribution in [3.05, 3.63) is 53.6 Å². The Kier molecular flexibility index (Phi) is 5.30. The molecule has 0 aromatic heterocycles. The Bertz CT molecular complexity index is 830. The highest BCUT2D eigenvalue weighted by Crippen LogP contribution is 2.26. The monoisotopic (exact) mass is 351 g/mol. The maximum Gasteiger partial charge on any atom is 0.421 e. The molecule has 0 radical (unpaired) electrons. The number of amides is 1. The molecule has 0 aliphatic heterocycles. The summed E-state index contributed by atoms with van der Waals surface area (Å²) in [5, 5.41) is 9.49. The van der Waals surface area contributed by atoms with Gasteiger partial charge in [0.2, 0.25) is 0 Å². The predicted molar refractivity (Wildman–Crippen MR) is 86.3 cm³/mol. The summed E-state index contributed by atoms with van der Waals surface area (Å²) in [4.78, 5) is 11.7. The number of phenols is 1. The molecule has 2 aromatic carbocycles. The first-order chi connectivity index (χ1) is 11.3. The molecule has 128 valence electrons. The molecule has 7 nitrogen and oxygen atoms in total. The van der Waals surface area contributed by atoms with E-state index in [1.54, 1.807) is 12.1 Å². The van der Waals surface area contributed by atoms with Gasteiger partial charge in [-0.1, -0.05) is 23.8 Å². The second-order valence-corrected chi connectivity index (χ2v) is 6.68. The van der Waals surface area contributed by atoms with Crippen LogP contribution in [0.4, 0.5) is 4.79 Å². The van der Waals surface area contributed by atoms with Crippen LogP contribution >= 0.6 is 0 Å². The molecular weight excluding hydrogens is 334 g/mol. The van der Waals surface area contributed by atoms with Crippen LogP contribution < -0.4 is 9.46 Å². The number of methoxy groups -OCH3 is 1. The molecule has 1 amide bonds. The van der Waals surface area contributed by atoms with Crippen molar-refractivity contribution in [1.29, 1.82) is 0 Å². The number of ether oxygens (including phenoxy) is 2. The van der Waals surface area contributed by atoms with E-state index in [1.807, 2.05) is 11.6 Å². The van der Waals surface area contributed by atoms with Crippen LogP contribution in [0.3, 0.4) is 0 Å². The van der Waals surface area contributed by atoms with E-state index in [1.165, 1.54) is 37.4 Å². The van der Waals surface area contributed by atoms with E-state index in [4.69, 9.17) is 9.47 Å². The van der Waals surface area contributed by atoms with Crippen molar-refractivity contribution in [2.24, 2.45) is 0 Å². The summed E-state index contributed by atoms with van der Waals surface area (Å²) in [5.74, 6) is 0.177. The van der Waals surface area contributed by atoms with Crippen molar-refractivity contribution in [2.45, 2.75) is 18.4 Å². The largest absolute Gasteiger partial charge is 0.504 e. The molecule has 0 aliphatic carbocycles. The zero-order valence-corrected chi connectivity index (χ0v) is 14.0. The molecular formula is C16H17NO6S. The zero-order chi connectivity index (χ0) is 17.7. The standard InChI is InChI=1S/C16H17NO6S/c1-11-3-6-13(7-4-11)24(20,21)17-16(19)23-10-12-5-8-14(18)15(9-12)22-2/h3-9,18H,10H2,1-2H3,(H,17,19). The molecule has 2 aromatic rings. The first-order valence-electron chi connectivity index (χ1n) is 6.94. The second kappa shape index (κ2) is 7.22. The third-order valence-corrected chi connectivity index (χ3v) is 4.49.